The molecule has 0 radical (unpaired) electrons. The minimum Gasteiger partial charge on any atom is -0.466 e. The van der Waals surface area contributed by atoms with E-state index in [2.05, 4.69) is 5.32 Å². The largest absolute Gasteiger partial charge is 0.466 e. The fourth-order valence-corrected chi connectivity index (χ4v) is 3.90. The predicted octanol–water partition coefficient (Wildman–Crippen LogP) is 5.62. The van der Waals surface area contributed by atoms with Crippen molar-refractivity contribution in [3.05, 3.63) is 58.9 Å². The first-order valence-electron chi connectivity index (χ1n) is 11.5. The molecule has 0 fully saturated rings. The molecule has 0 aromatic heterocycles. The van der Waals surface area contributed by atoms with Crippen LogP contribution in [0, 0.1) is 5.82 Å². The number of carbonyl (C=O) groups excluding carboxylic acids is 2. The number of hydrogen-bond donors (Lipinski definition) is 1. The summed E-state index contributed by atoms with van der Waals surface area (Å²) in [6, 6.07) is 10.8. The Morgan fingerprint density at radius 2 is 1.94 bits per heavy atom. The lowest BCUT2D eigenvalue weighted by molar-refractivity contribution is -0.143. The summed E-state index contributed by atoms with van der Waals surface area (Å²) in [5, 5.41) is 3.28. The Labute approximate surface area is 195 Å². The van der Waals surface area contributed by atoms with Crippen LogP contribution in [-0.4, -0.2) is 30.8 Å². The fraction of sp³-hybridized carbons (Fsp3) is 0.462. The summed E-state index contributed by atoms with van der Waals surface area (Å²) in [7, 11) is 0. The molecule has 1 N–H and O–H groups in total. The second-order valence-corrected chi connectivity index (χ2v) is 9.12. The number of nitrogens with zero attached hydrogens (tertiary/aromatic N) is 1. The number of carbonyl (C=O) groups is 2. The number of benzene rings is 2. The molecule has 7 heteroatoms. The van der Waals surface area contributed by atoms with Crippen LogP contribution in [0.3, 0.4) is 0 Å². The van der Waals surface area contributed by atoms with Crippen LogP contribution in [0.25, 0.3) is 0 Å². The SMILES string of the molecule is CCOC(=O)CCc1ccc(NCc2cccc3c2CCCN3C(=O)OC(C)(C)C)cc1F. The van der Waals surface area contributed by atoms with Gasteiger partial charge in [-0.15, -0.1) is 0 Å². The van der Waals surface area contributed by atoms with Gasteiger partial charge in [-0.05, 0) is 81.8 Å². The number of rotatable bonds is 7. The molecular formula is C26H33FN2O4. The van der Waals surface area contributed by atoms with Gasteiger partial charge in [0.15, 0.2) is 0 Å². The summed E-state index contributed by atoms with van der Waals surface area (Å²) in [5.41, 5.74) is 3.63. The van der Waals surface area contributed by atoms with E-state index in [0.29, 0.717) is 37.4 Å². The van der Waals surface area contributed by atoms with Gasteiger partial charge in [0.05, 0.1) is 12.3 Å². The van der Waals surface area contributed by atoms with Gasteiger partial charge in [-0.2, -0.15) is 0 Å². The van der Waals surface area contributed by atoms with Crippen molar-refractivity contribution in [2.24, 2.45) is 0 Å². The van der Waals surface area contributed by atoms with Gasteiger partial charge in [-0.25, -0.2) is 9.18 Å². The zero-order valence-electron chi connectivity index (χ0n) is 19.9. The van der Waals surface area contributed by atoms with Gasteiger partial charge in [-0.3, -0.25) is 9.69 Å². The van der Waals surface area contributed by atoms with Crippen LogP contribution >= 0.6 is 0 Å². The molecule has 178 valence electrons. The standard InChI is InChI=1S/C26H33FN2O4/c1-5-32-24(30)14-12-18-11-13-20(16-22(18)27)28-17-19-8-6-10-23-21(19)9-7-15-29(23)25(31)33-26(2,3)4/h6,8,10-11,13,16,28H,5,7,9,12,14-15,17H2,1-4H3. The third-order valence-electron chi connectivity index (χ3n) is 5.40. The molecule has 1 aliphatic heterocycles. The number of ether oxygens (including phenoxy) is 2. The van der Waals surface area contributed by atoms with Gasteiger partial charge in [0.2, 0.25) is 0 Å². The molecule has 0 saturated carbocycles. The molecule has 2 aromatic rings. The van der Waals surface area contributed by atoms with E-state index in [9.17, 15) is 14.0 Å². The molecule has 0 spiro atoms. The Bertz CT molecular complexity index is 1000. The van der Waals surface area contributed by atoms with Crippen LogP contribution in [-0.2, 0) is 33.7 Å². The Kier molecular flexibility index (Phi) is 7.95. The Morgan fingerprint density at radius 3 is 2.64 bits per heavy atom. The maximum Gasteiger partial charge on any atom is 0.414 e. The minimum absolute atomic E-state index is 0.155. The third kappa shape index (κ3) is 6.70. The molecule has 0 saturated heterocycles. The van der Waals surface area contributed by atoms with Crippen LogP contribution in [0.15, 0.2) is 36.4 Å². The molecule has 1 heterocycles. The van der Waals surface area contributed by atoms with E-state index in [0.717, 1.165) is 29.7 Å². The molecule has 1 aliphatic rings. The summed E-state index contributed by atoms with van der Waals surface area (Å²) in [5.74, 6) is -0.677. The summed E-state index contributed by atoms with van der Waals surface area (Å²) >= 11 is 0. The van der Waals surface area contributed by atoms with E-state index in [1.54, 1.807) is 17.9 Å². The quantitative estimate of drug-likeness (QED) is 0.548. The van der Waals surface area contributed by atoms with Crippen LogP contribution in [0.1, 0.15) is 57.2 Å². The lowest BCUT2D eigenvalue weighted by Crippen LogP contribution is -2.40. The first-order valence-corrected chi connectivity index (χ1v) is 11.5. The van der Waals surface area contributed by atoms with E-state index >= 15 is 0 Å². The molecule has 3 rings (SSSR count). The first kappa shape index (κ1) is 24.6. The first-order chi connectivity index (χ1) is 15.7. The van der Waals surface area contributed by atoms with Gasteiger partial charge in [0.1, 0.15) is 11.4 Å². The zero-order valence-corrected chi connectivity index (χ0v) is 19.9. The minimum atomic E-state index is -0.555. The van der Waals surface area contributed by atoms with E-state index in [4.69, 9.17) is 9.47 Å². The maximum atomic E-state index is 14.5. The van der Waals surface area contributed by atoms with Crippen molar-refractivity contribution in [2.75, 3.05) is 23.4 Å². The highest BCUT2D eigenvalue weighted by Crippen LogP contribution is 2.31. The fourth-order valence-electron chi connectivity index (χ4n) is 3.90. The van der Waals surface area contributed by atoms with Crippen LogP contribution in [0.2, 0.25) is 0 Å². The smallest absolute Gasteiger partial charge is 0.414 e. The second kappa shape index (κ2) is 10.7. The van der Waals surface area contributed by atoms with Gasteiger partial charge in [0, 0.05) is 25.2 Å². The molecule has 0 unspecified atom stereocenters. The average Bonchev–Trinajstić information content (AvgIpc) is 2.75. The maximum absolute atomic E-state index is 14.5. The highest BCUT2D eigenvalue weighted by Gasteiger charge is 2.28. The van der Waals surface area contributed by atoms with Crippen molar-refractivity contribution in [3.63, 3.8) is 0 Å². The van der Waals surface area contributed by atoms with Crippen molar-refractivity contribution in [1.29, 1.82) is 0 Å². The van der Waals surface area contributed by atoms with Gasteiger partial charge >= 0.3 is 12.1 Å². The number of halogens is 1. The summed E-state index contributed by atoms with van der Waals surface area (Å²) < 4.78 is 25.0. The Hall–Kier alpha value is -3.09. The molecular weight excluding hydrogens is 423 g/mol. The van der Waals surface area contributed by atoms with Gasteiger partial charge in [0.25, 0.3) is 0 Å². The van der Waals surface area contributed by atoms with Crippen molar-refractivity contribution in [2.45, 2.75) is 65.5 Å². The van der Waals surface area contributed by atoms with Crippen LogP contribution in [0.5, 0.6) is 0 Å². The molecule has 2 aromatic carbocycles. The number of nitrogens with one attached hydrogen (secondary N) is 1. The van der Waals surface area contributed by atoms with Crippen molar-refractivity contribution in [3.8, 4) is 0 Å². The average molecular weight is 457 g/mol. The predicted molar refractivity (Wildman–Crippen MR) is 127 cm³/mol. The number of esters is 1. The van der Waals surface area contributed by atoms with E-state index in [1.807, 2.05) is 45.0 Å². The summed E-state index contributed by atoms with van der Waals surface area (Å²) in [6.45, 7) is 8.77. The number of aryl methyl sites for hydroxylation is 1. The number of fused-ring (bicyclic) bond motifs is 1. The zero-order chi connectivity index (χ0) is 24.0. The molecule has 33 heavy (non-hydrogen) atoms. The Balaban J connectivity index is 1.68. The highest BCUT2D eigenvalue weighted by molar-refractivity contribution is 5.89. The molecule has 0 bridgehead atoms. The van der Waals surface area contributed by atoms with Crippen LogP contribution in [0.4, 0.5) is 20.6 Å². The van der Waals surface area contributed by atoms with Gasteiger partial charge < -0.3 is 14.8 Å². The highest BCUT2D eigenvalue weighted by atomic mass is 19.1. The number of anilines is 2. The number of amides is 1. The van der Waals surface area contributed by atoms with Crippen LogP contribution < -0.4 is 10.2 Å². The molecule has 1 amide bonds. The molecule has 6 nitrogen and oxygen atoms in total. The van der Waals surface area contributed by atoms with Gasteiger partial charge in [-0.1, -0.05) is 18.2 Å². The second-order valence-electron chi connectivity index (χ2n) is 9.12. The van der Waals surface area contributed by atoms with E-state index < -0.39 is 5.60 Å². The van der Waals surface area contributed by atoms with Crippen molar-refractivity contribution >= 4 is 23.4 Å². The number of hydrogen-bond acceptors (Lipinski definition) is 5. The van der Waals surface area contributed by atoms with E-state index in [1.165, 1.54) is 6.07 Å². The van der Waals surface area contributed by atoms with Crippen molar-refractivity contribution in [1.82, 2.24) is 0 Å². The summed E-state index contributed by atoms with van der Waals surface area (Å²) in [4.78, 5) is 25.9. The lowest BCUT2D eigenvalue weighted by Gasteiger charge is -2.32. The monoisotopic (exact) mass is 456 g/mol. The molecule has 0 atom stereocenters. The summed E-state index contributed by atoms with van der Waals surface area (Å²) in [6.07, 6.45) is 1.84. The molecule has 0 aliphatic carbocycles. The van der Waals surface area contributed by atoms with Crippen molar-refractivity contribution < 1.29 is 23.5 Å². The lowest BCUT2D eigenvalue weighted by atomic mass is 9.96. The topological polar surface area (TPSA) is 67.9 Å². The normalized spacial score (nSPS) is 13.3. The third-order valence-corrected chi connectivity index (χ3v) is 5.40. The van der Waals surface area contributed by atoms with E-state index in [-0.39, 0.29) is 24.3 Å². The Morgan fingerprint density at radius 1 is 1.15 bits per heavy atom.